The average Bonchev–Trinajstić information content (AvgIpc) is 1.96. The van der Waals surface area contributed by atoms with Gasteiger partial charge in [-0.05, 0) is 38.1 Å². The van der Waals surface area contributed by atoms with Crippen LogP contribution in [0.1, 0.15) is 33.1 Å². The third-order valence-corrected chi connectivity index (χ3v) is 2.43. The van der Waals surface area contributed by atoms with E-state index < -0.39 is 8.32 Å². The molecule has 72 valence electrons. The molecule has 2 heteroatoms. The second-order valence-corrected chi connectivity index (χ2v) is 8.57. The number of allylic oxidation sites excluding steroid dienone is 1. The molecule has 0 rings (SSSR count). The highest BCUT2D eigenvalue weighted by Gasteiger charge is 2.13. The summed E-state index contributed by atoms with van der Waals surface area (Å²) in [6, 6.07) is 0. The van der Waals surface area contributed by atoms with Crippen LogP contribution in [0.3, 0.4) is 0 Å². The summed E-state index contributed by atoms with van der Waals surface area (Å²) in [4.78, 5) is 0. The first kappa shape index (κ1) is 11.8. The molecule has 0 aliphatic rings. The minimum absolute atomic E-state index is 1.12. The average molecular weight is 186 g/mol. The van der Waals surface area contributed by atoms with Crippen molar-refractivity contribution in [2.45, 2.75) is 52.8 Å². The molecule has 0 aromatic heterocycles. The van der Waals surface area contributed by atoms with E-state index in [2.05, 4.69) is 33.5 Å². The van der Waals surface area contributed by atoms with Crippen molar-refractivity contribution in [1.82, 2.24) is 0 Å². The highest BCUT2D eigenvalue weighted by Crippen LogP contribution is 2.12. The van der Waals surface area contributed by atoms with Crippen LogP contribution in [0.4, 0.5) is 0 Å². The second kappa shape index (κ2) is 5.41. The van der Waals surface area contributed by atoms with E-state index in [1.165, 1.54) is 18.4 Å². The molecule has 0 aliphatic heterocycles. The van der Waals surface area contributed by atoms with E-state index in [1.54, 1.807) is 0 Å². The minimum atomic E-state index is -1.34. The Labute approximate surface area is 78.0 Å². The minimum Gasteiger partial charge on any atom is -0.550 e. The van der Waals surface area contributed by atoms with Crippen LogP contribution in [0.5, 0.6) is 0 Å². The molecule has 0 aromatic carbocycles. The Balaban J connectivity index is 3.94. The van der Waals surface area contributed by atoms with Gasteiger partial charge in [-0.15, -0.1) is 0 Å². The Hall–Kier alpha value is -0.243. The van der Waals surface area contributed by atoms with Crippen LogP contribution < -0.4 is 0 Å². The molecule has 0 aromatic rings. The first-order valence-electron chi connectivity index (χ1n) is 4.85. The second-order valence-electron chi connectivity index (χ2n) is 4.11. The van der Waals surface area contributed by atoms with Gasteiger partial charge in [-0.25, -0.2) is 0 Å². The maximum absolute atomic E-state index is 5.71. The van der Waals surface area contributed by atoms with Gasteiger partial charge >= 0.3 is 0 Å². The molecule has 0 saturated carbocycles. The molecule has 0 radical (unpaired) electrons. The van der Waals surface area contributed by atoms with Crippen LogP contribution in [-0.2, 0) is 4.43 Å². The Morgan fingerprint density at radius 1 is 1.25 bits per heavy atom. The van der Waals surface area contributed by atoms with E-state index in [1.807, 2.05) is 6.26 Å². The SMILES string of the molecule is CCC/C(=C/O[Si](C)(C)C)CC. The van der Waals surface area contributed by atoms with Crippen molar-refractivity contribution < 1.29 is 4.43 Å². The summed E-state index contributed by atoms with van der Waals surface area (Å²) in [5.74, 6) is 0. The maximum Gasteiger partial charge on any atom is 0.241 e. The molecule has 0 heterocycles. The van der Waals surface area contributed by atoms with E-state index in [0.29, 0.717) is 0 Å². The summed E-state index contributed by atoms with van der Waals surface area (Å²) in [6.07, 6.45) is 5.52. The molecule has 0 spiro atoms. The lowest BCUT2D eigenvalue weighted by Crippen LogP contribution is -2.22. The smallest absolute Gasteiger partial charge is 0.241 e. The van der Waals surface area contributed by atoms with Crippen LogP contribution in [0.2, 0.25) is 19.6 Å². The van der Waals surface area contributed by atoms with Gasteiger partial charge in [0.25, 0.3) is 0 Å². The molecule has 1 nitrogen and oxygen atoms in total. The van der Waals surface area contributed by atoms with Crippen LogP contribution in [0.15, 0.2) is 11.8 Å². The van der Waals surface area contributed by atoms with Crippen LogP contribution in [-0.4, -0.2) is 8.32 Å². The molecule has 0 N–H and O–H groups in total. The lowest BCUT2D eigenvalue weighted by Gasteiger charge is -2.16. The van der Waals surface area contributed by atoms with Gasteiger partial charge in [-0.1, -0.05) is 20.3 Å². The summed E-state index contributed by atoms with van der Waals surface area (Å²) in [6.45, 7) is 11.0. The maximum atomic E-state index is 5.71. The fourth-order valence-electron chi connectivity index (χ4n) is 0.900. The van der Waals surface area contributed by atoms with Crippen molar-refractivity contribution in [2.75, 3.05) is 0 Å². The van der Waals surface area contributed by atoms with Crippen molar-refractivity contribution in [2.24, 2.45) is 0 Å². The molecule has 0 bridgehead atoms. The van der Waals surface area contributed by atoms with Crippen molar-refractivity contribution in [1.29, 1.82) is 0 Å². The lowest BCUT2D eigenvalue weighted by molar-refractivity contribution is 0.468. The van der Waals surface area contributed by atoms with Gasteiger partial charge in [0.1, 0.15) is 0 Å². The van der Waals surface area contributed by atoms with Crippen LogP contribution in [0, 0.1) is 0 Å². The van der Waals surface area contributed by atoms with Crippen LogP contribution in [0.25, 0.3) is 0 Å². The highest BCUT2D eigenvalue weighted by molar-refractivity contribution is 6.69. The third-order valence-electron chi connectivity index (χ3n) is 1.60. The van der Waals surface area contributed by atoms with Crippen molar-refractivity contribution in [3.63, 3.8) is 0 Å². The number of hydrogen-bond donors (Lipinski definition) is 0. The fourth-order valence-corrected chi connectivity index (χ4v) is 1.42. The zero-order valence-electron chi connectivity index (χ0n) is 9.11. The molecule has 0 aliphatic carbocycles. The molecular weight excluding hydrogens is 164 g/mol. The van der Waals surface area contributed by atoms with E-state index in [0.717, 1.165) is 6.42 Å². The monoisotopic (exact) mass is 186 g/mol. The highest BCUT2D eigenvalue weighted by atomic mass is 28.4. The van der Waals surface area contributed by atoms with Gasteiger partial charge in [0.05, 0.1) is 6.26 Å². The first-order chi connectivity index (χ1) is 5.49. The molecule has 0 atom stereocenters. The lowest BCUT2D eigenvalue weighted by atomic mass is 10.1. The van der Waals surface area contributed by atoms with Crippen molar-refractivity contribution in [3.8, 4) is 0 Å². The Bertz CT molecular complexity index is 144. The van der Waals surface area contributed by atoms with E-state index in [4.69, 9.17) is 4.43 Å². The van der Waals surface area contributed by atoms with Crippen molar-refractivity contribution >= 4 is 8.32 Å². The summed E-state index contributed by atoms with van der Waals surface area (Å²) in [5.41, 5.74) is 1.44. The Morgan fingerprint density at radius 3 is 2.17 bits per heavy atom. The molecule has 0 fully saturated rings. The fraction of sp³-hybridized carbons (Fsp3) is 0.800. The molecule has 0 saturated heterocycles. The summed E-state index contributed by atoms with van der Waals surface area (Å²) >= 11 is 0. The number of hydrogen-bond acceptors (Lipinski definition) is 1. The zero-order valence-corrected chi connectivity index (χ0v) is 10.1. The largest absolute Gasteiger partial charge is 0.550 e. The van der Waals surface area contributed by atoms with E-state index in [-0.39, 0.29) is 0 Å². The standard InChI is InChI=1S/C10H22OSi/c1-6-8-10(7-2)9-11-12(3,4)5/h9H,6-8H2,1-5H3/b10-9+. The summed E-state index contributed by atoms with van der Waals surface area (Å²) in [7, 11) is -1.34. The number of rotatable bonds is 5. The van der Waals surface area contributed by atoms with Gasteiger partial charge in [0.2, 0.25) is 8.32 Å². The summed E-state index contributed by atoms with van der Waals surface area (Å²) in [5, 5.41) is 0. The Kier molecular flexibility index (Phi) is 5.30. The zero-order chi connectivity index (χ0) is 9.61. The van der Waals surface area contributed by atoms with Crippen molar-refractivity contribution in [3.05, 3.63) is 11.8 Å². The van der Waals surface area contributed by atoms with Gasteiger partial charge < -0.3 is 4.43 Å². The molecule has 0 amide bonds. The quantitative estimate of drug-likeness (QED) is 0.467. The normalized spacial score (nSPS) is 13.2. The molecule has 0 unspecified atom stereocenters. The predicted molar refractivity (Wildman–Crippen MR) is 57.7 cm³/mol. The van der Waals surface area contributed by atoms with Gasteiger partial charge in [-0.3, -0.25) is 0 Å². The van der Waals surface area contributed by atoms with E-state index >= 15 is 0 Å². The molecule has 12 heavy (non-hydrogen) atoms. The van der Waals surface area contributed by atoms with Gasteiger partial charge in [-0.2, -0.15) is 0 Å². The predicted octanol–water partition coefficient (Wildman–Crippen LogP) is 3.93. The third kappa shape index (κ3) is 6.47. The van der Waals surface area contributed by atoms with Gasteiger partial charge in [0.15, 0.2) is 0 Å². The Morgan fingerprint density at radius 2 is 1.83 bits per heavy atom. The van der Waals surface area contributed by atoms with E-state index in [9.17, 15) is 0 Å². The van der Waals surface area contributed by atoms with Crippen LogP contribution >= 0.6 is 0 Å². The first-order valence-corrected chi connectivity index (χ1v) is 8.26. The van der Waals surface area contributed by atoms with Gasteiger partial charge in [0, 0.05) is 0 Å². The molecular formula is C10H22OSi. The topological polar surface area (TPSA) is 9.23 Å². The summed E-state index contributed by atoms with van der Waals surface area (Å²) < 4.78 is 5.71.